The Bertz CT molecular complexity index is 390. The van der Waals surface area contributed by atoms with Crippen molar-refractivity contribution in [3.8, 4) is 5.75 Å². The van der Waals surface area contributed by atoms with Gasteiger partial charge in [-0.1, -0.05) is 12.1 Å². The van der Waals surface area contributed by atoms with Crippen LogP contribution in [0.15, 0.2) is 18.2 Å². The lowest BCUT2D eigenvalue weighted by Crippen LogP contribution is -2.12. The summed E-state index contributed by atoms with van der Waals surface area (Å²) < 4.78 is 54.3. The standard InChI is InChI=1S/C12H15F4NO/c1-8(17)9-4-2-5-10(13)11(9)18-7-3-6-12(14,15)16/h2,4-5,8H,3,6-7,17H2,1H3/t8-/m0/s1. The van der Waals surface area contributed by atoms with E-state index in [9.17, 15) is 17.6 Å². The summed E-state index contributed by atoms with van der Waals surface area (Å²) in [5, 5.41) is 0. The van der Waals surface area contributed by atoms with Crippen molar-refractivity contribution in [2.24, 2.45) is 5.73 Å². The Kier molecular flexibility index (Phi) is 4.95. The minimum absolute atomic E-state index is 0.0605. The normalized spacial score (nSPS) is 13.4. The number of ether oxygens (including phenoxy) is 1. The van der Waals surface area contributed by atoms with E-state index in [-0.39, 0.29) is 18.8 Å². The van der Waals surface area contributed by atoms with Crippen molar-refractivity contribution in [1.82, 2.24) is 0 Å². The number of halogens is 4. The lowest BCUT2D eigenvalue weighted by molar-refractivity contribution is -0.136. The summed E-state index contributed by atoms with van der Waals surface area (Å²) in [6.07, 6.45) is -5.38. The molecule has 0 aliphatic heterocycles. The van der Waals surface area contributed by atoms with Crippen LogP contribution in [-0.4, -0.2) is 12.8 Å². The van der Waals surface area contributed by atoms with E-state index < -0.39 is 24.5 Å². The monoisotopic (exact) mass is 265 g/mol. The topological polar surface area (TPSA) is 35.2 Å². The van der Waals surface area contributed by atoms with Gasteiger partial charge in [0.15, 0.2) is 11.6 Å². The minimum Gasteiger partial charge on any atom is -0.490 e. The molecule has 0 aliphatic carbocycles. The maximum atomic E-state index is 13.5. The molecule has 2 N–H and O–H groups in total. The second-order valence-electron chi connectivity index (χ2n) is 4.01. The summed E-state index contributed by atoms with van der Waals surface area (Å²) in [5.74, 6) is -0.675. The molecule has 0 heterocycles. The molecule has 102 valence electrons. The van der Waals surface area contributed by atoms with Crippen molar-refractivity contribution in [1.29, 1.82) is 0 Å². The molecule has 2 nitrogen and oxygen atoms in total. The average Bonchev–Trinajstić information content (AvgIpc) is 2.24. The van der Waals surface area contributed by atoms with E-state index in [0.717, 1.165) is 0 Å². The van der Waals surface area contributed by atoms with Crippen LogP contribution in [0.25, 0.3) is 0 Å². The minimum atomic E-state index is -4.22. The molecule has 0 aliphatic rings. The van der Waals surface area contributed by atoms with Crippen LogP contribution in [0.5, 0.6) is 5.75 Å². The molecule has 0 saturated heterocycles. The first kappa shape index (κ1) is 14.8. The Morgan fingerprint density at radius 1 is 1.33 bits per heavy atom. The van der Waals surface area contributed by atoms with E-state index in [1.54, 1.807) is 13.0 Å². The number of alkyl halides is 3. The molecule has 0 fully saturated rings. The van der Waals surface area contributed by atoms with Gasteiger partial charge in [0, 0.05) is 18.0 Å². The van der Waals surface area contributed by atoms with Gasteiger partial charge in [0.1, 0.15) is 0 Å². The predicted octanol–water partition coefficient (Wildman–Crippen LogP) is 3.57. The van der Waals surface area contributed by atoms with E-state index in [1.807, 2.05) is 0 Å². The van der Waals surface area contributed by atoms with Gasteiger partial charge in [0.05, 0.1) is 6.61 Å². The first-order valence-electron chi connectivity index (χ1n) is 5.55. The van der Waals surface area contributed by atoms with E-state index in [0.29, 0.717) is 5.56 Å². The highest BCUT2D eigenvalue weighted by Gasteiger charge is 2.26. The van der Waals surface area contributed by atoms with Gasteiger partial charge in [0.2, 0.25) is 0 Å². The van der Waals surface area contributed by atoms with Gasteiger partial charge >= 0.3 is 6.18 Å². The predicted molar refractivity (Wildman–Crippen MR) is 59.8 cm³/mol. The summed E-state index contributed by atoms with van der Waals surface area (Å²) in [6.45, 7) is 1.46. The van der Waals surface area contributed by atoms with Crippen LogP contribution in [-0.2, 0) is 0 Å². The molecule has 0 unspecified atom stereocenters. The SMILES string of the molecule is C[C@H](N)c1cccc(F)c1OCCCC(F)(F)F. The average molecular weight is 265 g/mol. The van der Waals surface area contributed by atoms with Crippen molar-refractivity contribution in [2.75, 3.05) is 6.61 Å². The Labute approximate surface area is 103 Å². The van der Waals surface area contributed by atoms with Gasteiger partial charge in [-0.2, -0.15) is 13.2 Å². The largest absolute Gasteiger partial charge is 0.490 e. The van der Waals surface area contributed by atoms with Crippen LogP contribution in [0.4, 0.5) is 17.6 Å². The van der Waals surface area contributed by atoms with Crippen LogP contribution >= 0.6 is 0 Å². The zero-order valence-electron chi connectivity index (χ0n) is 9.93. The molecule has 0 aromatic heterocycles. The highest BCUT2D eigenvalue weighted by molar-refractivity contribution is 5.36. The fourth-order valence-electron chi connectivity index (χ4n) is 1.48. The van der Waals surface area contributed by atoms with Gasteiger partial charge in [-0.15, -0.1) is 0 Å². The number of nitrogens with two attached hydrogens (primary N) is 1. The summed E-state index contributed by atoms with van der Waals surface area (Å²) in [7, 11) is 0. The first-order chi connectivity index (χ1) is 8.31. The maximum absolute atomic E-state index is 13.5. The van der Waals surface area contributed by atoms with Gasteiger partial charge in [-0.05, 0) is 19.4 Å². The molecule has 6 heteroatoms. The fourth-order valence-corrected chi connectivity index (χ4v) is 1.48. The maximum Gasteiger partial charge on any atom is 0.389 e. The van der Waals surface area contributed by atoms with Crippen LogP contribution in [0, 0.1) is 5.82 Å². The molecule has 0 saturated carbocycles. The highest BCUT2D eigenvalue weighted by atomic mass is 19.4. The quantitative estimate of drug-likeness (QED) is 0.652. The van der Waals surface area contributed by atoms with Crippen molar-refractivity contribution in [3.05, 3.63) is 29.6 Å². The number of hydrogen-bond donors (Lipinski definition) is 1. The third-order valence-corrected chi connectivity index (χ3v) is 2.34. The molecule has 1 atom stereocenters. The smallest absolute Gasteiger partial charge is 0.389 e. The molecular weight excluding hydrogens is 250 g/mol. The molecule has 1 aromatic carbocycles. The van der Waals surface area contributed by atoms with Crippen molar-refractivity contribution in [2.45, 2.75) is 32.0 Å². The van der Waals surface area contributed by atoms with E-state index in [2.05, 4.69) is 0 Å². The second-order valence-corrected chi connectivity index (χ2v) is 4.01. The van der Waals surface area contributed by atoms with E-state index in [1.165, 1.54) is 12.1 Å². The van der Waals surface area contributed by atoms with Crippen molar-refractivity contribution < 1.29 is 22.3 Å². The lowest BCUT2D eigenvalue weighted by atomic mass is 10.1. The second kappa shape index (κ2) is 6.04. The number of para-hydroxylation sites is 1. The van der Waals surface area contributed by atoms with Crippen LogP contribution in [0.3, 0.4) is 0 Å². The van der Waals surface area contributed by atoms with Crippen molar-refractivity contribution >= 4 is 0 Å². The van der Waals surface area contributed by atoms with E-state index >= 15 is 0 Å². The number of hydrogen-bond acceptors (Lipinski definition) is 2. The van der Waals surface area contributed by atoms with Gasteiger partial charge in [-0.25, -0.2) is 4.39 Å². The Morgan fingerprint density at radius 2 is 2.00 bits per heavy atom. The molecule has 0 amide bonds. The molecule has 1 aromatic rings. The molecule has 18 heavy (non-hydrogen) atoms. The van der Waals surface area contributed by atoms with Crippen molar-refractivity contribution in [3.63, 3.8) is 0 Å². The number of rotatable bonds is 5. The number of benzene rings is 1. The summed E-state index contributed by atoms with van der Waals surface area (Å²) in [5.41, 5.74) is 6.08. The van der Waals surface area contributed by atoms with Gasteiger partial charge < -0.3 is 10.5 Å². The highest BCUT2D eigenvalue weighted by Crippen LogP contribution is 2.28. The zero-order valence-corrected chi connectivity index (χ0v) is 9.93. The molecule has 0 radical (unpaired) electrons. The summed E-state index contributed by atoms with van der Waals surface area (Å²) in [4.78, 5) is 0. The molecule has 1 rings (SSSR count). The van der Waals surface area contributed by atoms with Crippen LogP contribution in [0.2, 0.25) is 0 Å². The van der Waals surface area contributed by atoms with Gasteiger partial charge in [-0.3, -0.25) is 0 Å². The third-order valence-electron chi connectivity index (χ3n) is 2.34. The molecule has 0 bridgehead atoms. The lowest BCUT2D eigenvalue weighted by Gasteiger charge is -2.15. The van der Waals surface area contributed by atoms with Crippen LogP contribution in [0.1, 0.15) is 31.4 Å². The van der Waals surface area contributed by atoms with Crippen LogP contribution < -0.4 is 10.5 Å². The third kappa shape index (κ3) is 4.52. The molecular formula is C12H15F4NO. The fraction of sp³-hybridized carbons (Fsp3) is 0.500. The van der Waals surface area contributed by atoms with Gasteiger partial charge in [0.25, 0.3) is 0 Å². The Morgan fingerprint density at radius 3 is 2.56 bits per heavy atom. The summed E-state index contributed by atoms with van der Waals surface area (Å²) in [6, 6.07) is 3.81. The Balaban J connectivity index is 2.61. The first-order valence-corrected chi connectivity index (χ1v) is 5.55. The molecule has 0 spiro atoms. The zero-order chi connectivity index (χ0) is 13.8. The summed E-state index contributed by atoms with van der Waals surface area (Å²) >= 11 is 0. The van der Waals surface area contributed by atoms with E-state index in [4.69, 9.17) is 10.5 Å². The Hall–Kier alpha value is -1.30.